The Morgan fingerprint density at radius 1 is 0.926 bits per heavy atom. The molecular weight excluding hydrogens is 338 g/mol. The van der Waals surface area contributed by atoms with Crippen molar-refractivity contribution in [3.05, 3.63) is 83.9 Å². The molecule has 1 unspecified atom stereocenters. The van der Waals surface area contributed by atoms with E-state index in [2.05, 4.69) is 41.0 Å². The van der Waals surface area contributed by atoms with Crippen molar-refractivity contribution in [1.29, 1.82) is 0 Å². The molecule has 5 nitrogen and oxygen atoms in total. The average Bonchev–Trinajstić information content (AvgIpc) is 2.68. The van der Waals surface area contributed by atoms with Crippen LogP contribution < -0.4 is 15.5 Å². The van der Waals surface area contributed by atoms with Crippen molar-refractivity contribution in [3.8, 4) is 0 Å². The molecule has 0 bridgehead atoms. The van der Waals surface area contributed by atoms with Gasteiger partial charge < -0.3 is 10.2 Å². The molecule has 0 aliphatic carbocycles. The smallest absolute Gasteiger partial charge is 0.321 e. The summed E-state index contributed by atoms with van der Waals surface area (Å²) in [4.78, 5) is 25.4. The van der Waals surface area contributed by atoms with Crippen LogP contribution in [-0.2, 0) is 11.3 Å². The summed E-state index contributed by atoms with van der Waals surface area (Å²) >= 11 is 0. The lowest BCUT2D eigenvalue weighted by molar-refractivity contribution is -0.916. The Bertz CT molecular complexity index is 940. The molecule has 0 spiro atoms. The van der Waals surface area contributed by atoms with Crippen molar-refractivity contribution < 1.29 is 14.5 Å². The summed E-state index contributed by atoms with van der Waals surface area (Å²) < 4.78 is 0. The number of quaternary nitrogens is 1. The van der Waals surface area contributed by atoms with Crippen molar-refractivity contribution >= 4 is 22.7 Å². The zero-order valence-corrected chi connectivity index (χ0v) is 15.5. The molecule has 2 atom stereocenters. The van der Waals surface area contributed by atoms with E-state index in [1.165, 1.54) is 17.8 Å². The summed E-state index contributed by atoms with van der Waals surface area (Å²) in [6, 6.07) is 23.1. The number of hydrogen-bond acceptors (Lipinski definition) is 2. The highest BCUT2D eigenvalue weighted by Gasteiger charge is 2.30. The summed E-state index contributed by atoms with van der Waals surface area (Å²) in [7, 11) is 3.46. The Kier molecular flexibility index (Phi) is 5.84. The SMILES string of the molecule is CNC(=O)NC(=O)[C@@H](c1ccccc1)[NH+](C)Cc1ccc2ccccc2c1. The first-order chi connectivity index (χ1) is 13.1. The van der Waals surface area contributed by atoms with Gasteiger partial charge in [-0.25, -0.2) is 4.79 Å². The summed E-state index contributed by atoms with van der Waals surface area (Å²) in [6.45, 7) is 0.658. The van der Waals surface area contributed by atoms with Gasteiger partial charge >= 0.3 is 6.03 Å². The predicted molar refractivity (Wildman–Crippen MR) is 106 cm³/mol. The number of hydrogen-bond donors (Lipinski definition) is 3. The third-order valence-electron chi connectivity index (χ3n) is 4.65. The molecule has 5 heteroatoms. The number of imide groups is 1. The number of amides is 3. The first-order valence-corrected chi connectivity index (χ1v) is 8.96. The largest absolute Gasteiger partial charge is 0.341 e. The molecule has 3 aromatic carbocycles. The third-order valence-corrected chi connectivity index (χ3v) is 4.65. The van der Waals surface area contributed by atoms with Crippen LogP contribution in [0, 0.1) is 0 Å². The molecular formula is C22H24N3O2+. The van der Waals surface area contributed by atoms with E-state index in [1.54, 1.807) is 0 Å². The van der Waals surface area contributed by atoms with Gasteiger partial charge in [0.2, 0.25) is 0 Å². The highest BCUT2D eigenvalue weighted by Crippen LogP contribution is 2.16. The fourth-order valence-electron chi connectivity index (χ4n) is 3.32. The lowest BCUT2D eigenvalue weighted by atomic mass is 10.0. The molecule has 3 aromatic rings. The van der Waals surface area contributed by atoms with Crippen LogP contribution in [0.25, 0.3) is 10.8 Å². The summed E-state index contributed by atoms with van der Waals surface area (Å²) in [5, 5.41) is 7.21. The van der Waals surface area contributed by atoms with Crippen LogP contribution in [0.4, 0.5) is 4.79 Å². The monoisotopic (exact) mass is 362 g/mol. The molecule has 0 aliphatic rings. The number of fused-ring (bicyclic) bond motifs is 1. The quantitative estimate of drug-likeness (QED) is 0.651. The van der Waals surface area contributed by atoms with Crippen LogP contribution in [0.15, 0.2) is 72.8 Å². The van der Waals surface area contributed by atoms with Crippen LogP contribution in [0.5, 0.6) is 0 Å². The number of urea groups is 1. The van der Waals surface area contributed by atoms with Gasteiger partial charge in [0.05, 0.1) is 7.05 Å². The third kappa shape index (κ3) is 4.51. The Hall–Kier alpha value is -3.18. The number of carbonyl (C=O) groups is 2. The van der Waals surface area contributed by atoms with Crippen molar-refractivity contribution in [2.45, 2.75) is 12.6 Å². The molecule has 0 saturated carbocycles. The maximum atomic E-state index is 12.8. The van der Waals surface area contributed by atoms with Gasteiger partial charge in [-0.15, -0.1) is 0 Å². The highest BCUT2D eigenvalue weighted by molar-refractivity contribution is 5.96. The maximum absolute atomic E-state index is 12.8. The number of likely N-dealkylation sites (N-methyl/N-ethyl adjacent to an activating group) is 1. The van der Waals surface area contributed by atoms with Gasteiger partial charge in [-0.2, -0.15) is 0 Å². The van der Waals surface area contributed by atoms with Crippen LogP contribution >= 0.6 is 0 Å². The lowest BCUT2D eigenvalue weighted by Crippen LogP contribution is -3.09. The van der Waals surface area contributed by atoms with Crippen LogP contribution in [0.2, 0.25) is 0 Å². The molecule has 3 N–H and O–H groups in total. The van der Waals surface area contributed by atoms with Gasteiger partial charge in [-0.05, 0) is 16.8 Å². The fourth-order valence-corrected chi connectivity index (χ4v) is 3.32. The summed E-state index contributed by atoms with van der Waals surface area (Å²) in [6.07, 6.45) is 0. The van der Waals surface area contributed by atoms with Gasteiger partial charge in [-0.1, -0.05) is 66.7 Å². The number of carbonyl (C=O) groups excluding carboxylic acids is 2. The lowest BCUT2D eigenvalue weighted by Gasteiger charge is -2.24. The van der Waals surface area contributed by atoms with Crippen molar-refractivity contribution in [2.24, 2.45) is 0 Å². The van der Waals surface area contributed by atoms with E-state index in [0.29, 0.717) is 6.54 Å². The zero-order valence-electron chi connectivity index (χ0n) is 15.5. The summed E-state index contributed by atoms with van der Waals surface area (Å²) in [5.41, 5.74) is 2.01. The van der Waals surface area contributed by atoms with Crippen molar-refractivity contribution in [1.82, 2.24) is 10.6 Å². The minimum atomic E-state index is -0.501. The van der Waals surface area contributed by atoms with Gasteiger partial charge in [0, 0.05) is 18.2 Å². The highest BCUT2D eigenvalue weighted by atomic mass is 16.2. The molecule has 0 aromatic heterocycles. The van der Waals surface area contributed by atoms with E-state index >= 15 is 0 Å². The minimum absolute atomic E-state index is 0.321. The molecule has 0 heterocycles. The molecule has 3 rings (SSSR count). The molecule has 138 valence electrons. The summed E-state index contributed by atoms with van der Waals surface area (Å²) in [5.74, 6) is -0.321. The van der Waals surface area contributed by atoms with Crippen molar-refractivity contribution in [3.63, 3.8) is 0 Å². The molecule has 3 amide bonds. The fraction of sp³-hybridized carbons (Fsp3) is 0.182. The van der Waals surface area contributed by atoms with E-state index in [-0.39, 0.29) is 5.91 Å². The van der Waals surface area contributed by atoms with Gasteiger partial charge in [0.25, 0.3) is 5.91 Å². The molecule has 27 heavy (non-hydrogen) atoms. The van der Waals surface area contributed by atoms with E-state index in [1.807, 2.05) is 49.5 Å². The molecule has 0 radical (unpaired) electrons. The average molecular weight is 362 g/mol. The Morgan fingerprint density at radius 2 is 1.59 bits per heavy atom. The van der Waals surface area contributed by atoms with Gasteiger partial charge in [0.1, 0.15) is 6.54 Å². The second-order valence-electron chi connectivity index (χ2n) is 6.62. The molecule has 0 fully saturated rings. The van der Waals surface area contributed by atoms with E-state index < -0.39 is 12.1 Å². The number of rotatable bonds is 5. The second kappa shape index (κ2) is 8.47. The van der Waals surface area contributed by atoms with Gasteiger partial charge in [-0.3, -0.25) is 10.1 Å². The van der Waals surface area contributed by atoms with E-state index in [4.69, 9.17) is 0 Å². The Labute approximate surface area is 159 Å². The van der Waals surface area contributed by atoms with E-state index in [9.17, 15) is 9.59 Å². The second-order valence-corrected chi connectivity index (χ2v) is 6.62. The Balaban J connectivity index is 1.86. The van der Waals surface area contributed by atoms with Gasteiger partial charge in [0.15, 0.2) is 6.04 Å². The van der Waals surface area contributed by atoms with Crippen molar-refractivity contribution in [2.75, 3.05) is 14.1 Å². The van der Waals surface area contributed by atoms with E-state index in [0.717, 1.165) is 16.0 Å². The van der Waals surface area contributed by atoms with Crippen LogP contribution in [0.1, 0.15) is 17.2 Å². The maximum Gasteiger partial charge on any atom is 0.321 e. The normalized spacial score (nSPS) is 13.0. The standard InChI is InChI=1S/C22H23N3O2/c1-23-22(27)24-21(26)20(18-9-4-3-5-10-18)25(2)15-16-12-13-17-8-6-7-11-19(17)14-16/h3-14,20H,15H2,1-2H3,(H2,23,24,26,27)/p+1/t20-/m1/s1. The van der Waals surface area contributed by atoms with Crippen LogP contribution in [-0.4, -0.2) is 26.0 Å². The molecule has 0 aliphatic heterocycles. The predicted octanol–water partition coefficient (Wildman–Crippen LogP) is 2.05. The first kappa shape index (κ1) is 18.6. The molecule has 0 saturated heterocycles. The Morgan fingerprint density at radius 3 is 2.30 bits per heavy atom. The topological polar surface area (TPSA) is 62.6 Å². The van der Waals surface area contributed by atoms with Crippen LogP contribution in [0.3, 0.4) is 0 Å². The zero-order chi connectivity index (χ0) is 19.2. The number of nitrogens with one attached hydrogen (secondary N) is 3. The number of benzene rings is 3. The minimum Gasteiger partial charge on any atom is -0.341 e. The first-order valence-electron chi connectivity index (χ1n) is 8.96.